The van der Waals surface area contributed by atoms with Gasteiger partial charge in [-0.15, -0.1) is 11.3 Å². The second-order valence-corrected chi connectivity index (χ2v) is 8.28. The van der Waals surface area contributed by atoms with Gasteiger partial charge in [-0.2, -0.15) is 0 Å². The van der Waals surface area contributed by atoms with Gasteiger partial charge in [0.15, 0.2) is 0 Å². The predicted molar refractivity (Wildman–Crippen MR) is 113 cm³/mol. The van der Waals surface area contributed by atoms with Crippen LogP contribution in [0.3, 0.4) is 0 Å². The molecule has 1 fully saturated rings. The zero-order chi connectivity index (χ0) is 18.8. The Kier molecular flexibility index (Phi) is 5.36. The van der Waals surface area contributed by atoms with E-state index in [1.807, 2.05) is 13.1 Å². The summed E-state index contributed by atoms with van der Waals surface area (Å²) in [5.74, 6) is 1.96. The van der Waals surface area contributed by atoms with Gasteiger partial charge >= 0.3 is 0 Å². The standard InChI is InChI=1S/C21H27N5S/c1-4-18(19-6-5-14(2)13-22-19)25-16-7-10-26(11-8-16)20-17-9-12-27-21(17)24-15(3)23-20/h5-6,9,12-13,16,18,25H,4,7-8,10-11H2,1-3H3/t18-/m0/s1. The molecule has 1 saturated heterocycles. The SMILES string of the molecule is CC[C@H](NC1CCN(c2nc(C)nc3sccc23)CC1)c1ccc(C)cn1. The third-order valence-corrected chi connectivity index (χ3v) is 6.15. The minimum atomic E-state index is 0.326. The van der Waals surface area contributed by atoms with Crippen LogP contribution >= 0.6 is 11.3 Å². The maximum Gasteiger partial charge on any atom is 0.141 e. The molecule has 3 aromatic rings. The summed E-state index contributed by atoms with van der Waals surface area (Å²) in [5, 5.41) is 7.13. The van der Waals surface area contributed by atoms with E-state index in [4.69, 9.17) is 4.98 Å². The number of thiophene rings is 1. The van der Waals surface area contributed by atoms with E-state index in [-0.39, 0.29) is 0 Å². The Labute approximate surface area is 164 Å². The van der Waals surface area contributed by atoms with Gasteiger partial charge in [0.1, 0.15) is 16.5 Å². The Balaban J connectivity index is 1.42. The molecule has 0 saturated carbocycles. The average Bonchev–Trinajstić information content (AvgIpc) is 3.15. The summed E-state index contributed by atoms with van der Waals surface area (Å²) in [6.07, 6.45) is 5.26. The summed E-state index contributed by atoms with van der Waals surface area (Å²) in [5.41, 5.74) is 2.36. The third kappa shape index (κ3) is 3.96. The topological polar surface area (TPSA) is 53.9 Å². The molecule has 0 aliphatic carbocycles. The molecular weight excluding hydrogens is 354 g/mol. The predicted octanol–water partition coefficient (Wildman–Crippen LogP) is 4.41. The summed E-state index contributed by atoms with van der Waals surface area (Å²) in [7, 11) is 0. The first kappa shape index (κ1) is 18.3. The van der Waals surface area contributed by atoms with Crippen LogP contribution in [0.15, 0.2) is 29.8 Å². The molecule has 0 bridgehead atoms. The zero-order valence-corrected chi connectivity index (χ0v) is 17.1. The van der Waals surface area contributed by atoms with Gasteiger partial charge < -0.3 is 10.2 Å². The number of nitrogens with one attached hydrogen (secondary N) is 1. The fraction of sp³-hybridized carbons (Fsp3) is 0.476. The van der Waals surface area contributed by atoms with E-state index < -0.39 is 0 Å². The van der Waals surface area contributed by atoms with Gasteiger partial charge in [0, 0.05) is 31.4 Å². The Morgan fingerprint density at radius 1 is 1.19 bits per heavy atom. The minimum absolute atomic E-state index is 0.326. The van der Waals surface area contributed by atoms with Gasteiger partial charge in [-0.05, 0) is 56.2 Å². The lowest BCUT2D eigenvalue weighted by Gasteiger charge is -2.35. The monoisotopic (exact) mass is 381 g/mol. The highest BCUT2D eigenvalue weighted by Crippen LogP contribution is 2.30. The molecule has 5 nitrogen and oxygen atoms in total. The molecule has 3 aromatic heterocycles. The molecule has 1 atom stereocenters. The van der Waals surface area contributed by atoms with Crippen LogP contribution in [-0.2, 0) is 0 Å². The number of fused-ring (bicyclic) bond motifs is 1. The van der Waals surface area contributed by atoms with E-state index in [0.717, 1.165) is 54.5 Å². The number of anilines is 1. The van der Waals surface area contributed by atoms with Crippen molar-refractivity contribution < 1.29 is 0 Å². The molecule has 142 valence electrons. The first-order chi connectivity index (χ1) is 13.1. The molecule has 4 heterocycles. The summed E-state index contributed by atoms with van der Waals surface area (Å²) in [6.45, 7) is 8.34. The highest BCUT2D eigenvalue weighted by atomic mass is 32.1. The van der Waals surface area contributed by atoms with E-state index in [1.54, 1.807) is 11.3 Å². The highest BCUT2D eigenvalue weighted by Gasteiger charge is 2.24. The number of pyridine rings is 1. The molecule has 0 radical (unpaired) electrons. The van der Waals surface area contributed by atoms with Crippen molar-refractivity contribution in [1.82, 2.24) is 20.3 Å². The molecule has 0 unspecified atom stereocenters. The fourth-order valence-electron chi connectivity index (χ4n) is 3.82. The van der Waals surface area contributed by atoms with Crippen LogP contribution in [0, 0.1) is 13.8 Å². The van der Waals surface area contributed by atoms with Crippen LogP contribution in [0.4, 0.5) is 5.82 Å². The highest BCUT2D eigenvalue weighted by molar-refractivity contribution is 7.16. The van der Waals surface area contributed by atoms with Crippen LogP contribution in [0.2, 0.25) is 0 Å². The van der Waals surface area contributed by atoms with Crippen LogP contribution in [0.25, 0.3) is 10.2 Å². The van der Waals surface area contributed by atoms with Crippen molar-refractivity contribution >= 4 is 27.4 Å². The van der Waals surface area contributed by atoms with E-state index in [2.05, 4.69) is 57.6 Å². The van der Waals surface area contributed by atoms with Gasteiger partial charge in [-0.3, -0.25) is 4.98 Å². The number of aryl methyl sites for hydroxylation is 2. The second kappa shape index (κ2) is 7.90. The maximum absolute atomic E-state index is 4.75. The molecule has 0 aromatic carbocycles. The summed E-state index contributed by atoms with van der Waals surface area (Å²) in [4.78, 5) is 17.4. The van der Waals surface area contributed by atoms with E-state index in [9.17, 15) is 0 Å². The smallest absolute Gasteiger partial charge is 0.141 e. The van der Waals surface area contributed by atoms with E-state index in [1.165, 1.54) is 10.9 Å². The number of piperidine rings is 1. The molecule has 4 rings (SSSR count). The van der Waals surface area contributed by atoms with E-state index >= 15 is 0 Å². The number of aromatic nitrogens is 3. The third-order valence-electron chi connectivity index (χ3n) is 5.35. The molecule has 0 spiro atoms. The van der Waals surface area contributed by atoms with Crippen molar-refractivity contribution in [2.45, 2.75) is 52.1 Å². The van der Waals surface area contributed by atoms with E-state index in [0.29, 0.717) is 12.1 Å². The lowest BCUT2D eigenvalue weighted by Crippen LogP contribution is -2.44. The molecule has 1 aliphatic heterocycles. The number of hydrogen-bond acceptors (Lipinski definition) is 6. The Hall–Kier alpha value is -2.05. The summed E-state index contributed by atoms with van der Waals surface area (Å²) >= 11 is 1.69. The number of hydrogen-bond donors (Lipinski definition) is 1. The Morgan fingerprint density at radius 2 is 2.00 bits per heavy atom. The first-order valence-corrected chi connectivity index (χ1v) is 10.7. The van der Waals surface area contributed by atoms with Crippen molar-refractivity contribution in [2.75, 3.05) is 18.0 Å². The fourth-order valence-corrected chi connectivity index (χ4v) is 4.63. The van der Waals surface area contributed by atoms with Crippen molar-refractivity contribution in [2.24, 2.45) is 0 Å². The Bertz CT molecular complexity index is 897. The lowest BCUT2D eigenvalue weighted by atomic mass is 10.0. The second-order valence-electron chi connectivity index (χ2n) is 7.38. The van der Waals surface area contributed by atoms with Crippen LogP contribution in [-0.4, -0.2) is 34.1 Å². The van der Waals surface area contributed by atoms with Crippen LogP contribution in [0.1, 0.15) is 49.3 Å². The van der Waals surface area contributed by atoms with Crippen molar-refractivity contribution in [3.8, 4) is 0 Å². The average molecular weight is 382 g/mol. The van der Waals surface area contributed by atoms with Gasteiger partial charge in [-0.1, -0.05) is 13.0 Å². The molecule has 1 aliphatic rings. The van der Waals surface area contributed by atoms with Gasteiger partial charge in [0.2, 0.25) is 0 Å². The normalized spacial score (nSPS) is 16.8. The molecule has 27 heavy (non-hydrogen) atoms. The number of rotatable bonds is 5. The minimum Gasteiger partial charge on any atom is -0.356 e. The Morgan fingerprint density at radius 3 is 2.70 bits per heavy atom. The van der Waals surface area contributed by atoms with Crippen molar-refractivity contribution in [3.05, 3.63) is 46.9 Å². The summed E-state index contributed by atoms with van der Waals surface area (Å²) in [6, 6.07) is 7.30. The van der Waals surface area contributed by atoms with Gasteiger partial charge in [0.25, 0.3) is 0 Å². The number of nitrogens with zero attached hydrogens (tertiary/aromatic N) is 4. The summed E-state index contributed by atoms with van der Waals surface area (Å²) < 4.78 is 0. The van der Waals surface area contributed by atoms with Crippen molar-refractivity contribution in [1.29, 1.82) is 0 Å². The van der Waals surface area contributed by atoms with Gasteiger partial charge in [-0.25, -0.2) is 9.97 Å². The van der Waals surface area contributed by atoms with Gasteiger partial charge in [0.05, 0.1) is 11.1 Å². The van der Waals surface area contributed by atoms with Crippen molar-refractivity contribution in [3.63, 3.8) is 0 Å². The molecule has 1 N–H and O–H groups in total. The largest absolute Gasteiger partial charge is 0.356 e. The molecule has 0 amide bonds. The van der Waals surface area contributed by atoms with Crippen LogP contribution < -0.4 is 10.2 Å². The quantitative estimate of drug-likeness (QED) is 0.709. The lowest BCUT2D eigenvalue weighted by molar-refractivity contribution is 0.360. The maximum atomic E-state index is 4.75. The zero-order valence-electron chi connectivity index (χ0n) is 16.3. The molecular formula is C21H27N5S. The first-order valence-electron chi connectivity index (χ1n) is 9.79. The molecule has 6 heteroatoms. The van der Waals surface area contributed by atoms with Crippen LogP contribution in [0.5, 0.6) is 0 Å².